The largest absolute Gasteiger partial charge is 0.481 e. The molecule has 21 heavy (non-hydrogen) atoms. The molecule has 0 fully saturated rings. The molecule has 7 nitrogen and oxygen atoms in total. The van der Waals surface area contributed by atoms with Crippen LogP contribution < -0.4 is 5.32 Å². The fourth-order valence-electron chi connectivity index (χ4n) is 1.63. The summed E-state index contributed by atoms with van der Waals surface area (Å²) in [4.78, 5) is 22.6. The lowest BCUT2D eigenvalue weighted by Crippen LogP contribution is -2.30. The third-order valence-corrected chi connectivity index (χ3v) is 3.14. The number of ether oxygens (including phenoxy) is 1. The second-order valence-corrected chi connectivity index (χ2v) is 4.80. The van der Waals surface area contributed by atoms with Crippen LogP contribution in [0.3, 0.4) is 0 Å². The number of carboxylic acids is 1. The first-order valence-electron chi connectivity index (χ1n) is 6.11. The van der Waals surface area contributed by atoms with Gasteiger partial charge in [-0.25, -0.2) is 4.79 Å². The normalized spacial score (nSPS) is 11.6. The van der Waals surface area contributed by atoms with Crippen molar-refractivity contribution in [3.8, 4) is 0 Å². The number of hydrogen-bond donors (Lipinski definition) is 2. The third kappa shape index (κ3) is 4.84. The number of carbonyl (C=O) groups excluding carboxylic acids is 1. The van der Waals surface area contributed by atoms with Gasteiger partial charge in [-0.15, -0.1) is 5.10 Å². The zero-order valence-corrected chi connectivity index (χ0v) is 11.7. The first-order valence-corrected chi connectivity index (χ1v) is 6.95. The molecule has 1 unspecified atom stereocenters. The molecule has 0 aliphatic heterocycles. The van der Waals surface area contributed by atoms with E-state index in [0.29, 0.717) is 5.69 Å². The van der Waals surface area contributed by atoms with Crippen LogP contribution in [0.4, 0.5) is 4.79 Å². The van der Waals surface area contributed by atoms with Crippen molar-refractivity contribution in [1.29, 1.82) is 0 Å². The van der Waals surface area contributed by atoms with Crippen molar-refractivity contribution in [2.75, 3.05) is 0 Å². The Bertz CT molecular complexity index is 589. The molecule has 2 rings (SSSR count). The molecule has 1 aromatic carbocycles. The zero-order chi connectivity index (χ0) is 15.1. The number of aliphatic carboxylic acids is 1. The summed E-state index contributed by atoms with van der Waals surface area (Å²) in [7, 11) is 0. The minimum Gasteiger partial charge on any atom is -0.481 e. The smallest absolute Gasteiger partial charge is 0.408 e. The highest BCUT2D eigenvalue weighted by atomic mass is 32.1. The number of benzene rings is 1. The van der Waals surface area contributed by atoms with Crippen molar-refractivity contribution in [3.63, 3.8) is 0 Å². The number of carboxylic acid groups (broad SMARTS) is 1. The second-order valence-electron chi connectivity index (χ2n) is 4.19. The van der Waals surface area contributed by atoms with Gasteiger partial charge in [-0.2, -0.15) is 0 Å². The Balaban J connectivity index is 1.90. The van der Waals surface area contributed by atoms with Gasteiger partial charge in [-0.3, -0.25) is 4.79 Å². The minimum atomic E-state index is -1.05. The average molecular weight is 307 g/mol. The SMILES string of the molecule is O=C(O)CC(NC(=O)OCc1ccccc1)c1csnn1. The van der Waals surface area contributed by atoms with Gasteiger partial charge in [0, 0.05) is 5.38 Å². The molecular weight excluding hydrogens is 294 g/mol. The number of nitrogens with one attached hydrogen (secondary N) is 1. The molecule has 0 saturated heterocycles. The molecule has 0 saturated carbocycles. The molecule has 0 aliphatic rings. The van der Waals surface area contributed by atoms with E-state index in [0.717, 1.165) is 17.1 Å². The van der Waals surface area contributed by atoms with Gasteiger partial charge < -0.3 is 15.2 Å². The number of aromatic nitrogens is 2. The predicted molar refractivity (Wildman–Crippen MR) is 74.7 cm³/mol. The van der Waals surface area contributed by atoms with E-state index < -0.39 is 18.1 Å². The van der Waals surface area contributed by atoms with Crippen LogP contribution in [0.1, 0.15) is 23.7 Å². The summed E-state index contributed by atoms with van der Waals surface area (Å²) in [6.07, 6.45) is -0.982. The third-order valence-electron chi connectivity index (χ3n) is 2.62. The maximum Gasteiger partial charge on any atom is 0.408 e. The van der Waals surface area contributed by atoms with Crippen molar-refractivity contribution in [2.45, 2.75) is 19.1 Å². The monoisotopic (exact) mass is 307 g/mol. The van der Waals surface area contributed by atoms with Gasteiger partial charge >= 0.3 is 12.1 Å². The quantitative estimate of drug-likeness (QED) is 0.846. The summed E-state index contributed by atoms with van der Waals surface area (Å²) in [5, 5.41) is 16.7. The van der Waals surface area contributed by atoms with Crippen LogP contribution in [0.2, 0.25) is 0 Å². The predicted octanol–water partition coefficient (Wildman–Crippen LogP) is 1.98. The van der Waals surface area contributed by atoms with Crippen molar-refractivity contribution in [2.24, 2.45) is 0 Å². The Hall–Kier alpha value is -2.48. The van der Waals surface area contributed by atoms with Crippen LogP contribution in [0.5, 0.6) is 0 Å². The number of carbonyl (C=O) groups is 2. The van der Waals surface area contributed by atoms with E-state index in [1.807, 2.05) is 30.3 Å². The molecule has 2 aromatic rings. The molecule has 110 valence electrons. The van der Waals surface area contributed by atoms with E-state index in [1.54, 1.807) is 5.38 Å². The Morgan fingerprint density at radius 3 is 2.71 bits per heavy atom. The lowest BCUT2D eigenvalue weighted by Gasteiger charge is -2.14. The zero-order valence-electron chi connectivity index (χ0n) is 10.9. The molecule has 1 aromatic heterocycles. The summed E-state index contributed by atoms with van der Waals surface area (Å²) < 4.78 is 8.71. The van der Waals surface area contributed by atoms with Gasteiger partial charge in [-0.05, 0) is 17.1 Å². The second kappa shape index (κ2) is 7.34. The number of rotatable bonds is 6. The van der Waals surface area contributed by atoms with Gasteiger partial charge in [-0.1, -0.05) is 34.8 Å². The summed E-state index contributed by atoms with van der Waals surface area (Å²) in [5.74, 6) is -1.05. The van der Waals surface area contributed by atoms with Crippen molar-refractivity contribution in [1.82, 2.24) is 14.9 Å². The number of hydrogen-bond acceptors (Lipinski definition) is 6. The lowest BCUT2D eigenvalue weighted by molar-refractivity contribution is -0.137. The number of nitrogens with zero attached hydrogens (tertiary/aromatic N) is 2. The van der Waals surface area contributed by atoms with E-state index in [-0.39, 0.29) is 13.0 Å². The van der Waals surface area contributed by atoms with Gasteiger partial charge in [0.1, 0.15) is 6.61 Å². The standard InChI is InChI=1S/C13H13N3O4S/c17-12(18)6-10(11-8-21-16-15-11)14-13(19)20-7-9-4-2-1-3-5-9/h1-5,8,10H,6-7H2,(H,14,19)(H,17,18). The van der Waals surface area contributed by atoms with E-state index in [9.17, 15) is 9.59 Å². The average Bonchev–Trinajstić information content (AvgIpc) is 2.99. The fraction of sp³-hybridized carbons (Fsp3) is 0.231. The molecule has 0 bridgehead atoms. The number of amides is 1. The lowest BCUT2D eigenvalue weighted by atomic mass is 10.1. The Morgan fingerprint density at radius 1 is 1.33 bits per heavy atom. The van der Waals surface area contributed by atoms with Crippen LogP contribution in [-0.4, -0.2) is 26.8 Å². The Labute approximate surface area is 124 Å². The molecule has 0 radical (unpaired) electrons. The highest BCUT2D eigenvalue weighted by molar-refractivity contribution is 7.03. The topological polar surface area (TPSA) is 101 Å². The first kappa shape index (κ1) is 14.9. The molecule has 8 heteroatoms. The molecule has 0 spiro atoms. The molecule has 1 atom stereocenters. The maximum absolute atomic E-state index is 11.7. The fourth-order valence-corrected chi connectivity index (χ4v) is 2.14. The van der Waals surface area contributed by atoms with Gasteiger partial charge in [0.2, 0.25) is 0 Å². The van der Waals surface area contributed by atoms with Crippen molar-refractivity contribution < 1.29 is 19.4 Å². The van der Waals surface area contributed by atoms with Gasteiger partial charge in [0.05, 0.1) is 18.2 Å². The summed E-state index contributed by atoms with van der Waals surface area (Å²) >= 11 is 1.09. The number of alkyl carbamates (subject to hydrolysis) is 1. The molecule has 2 N–H and O–H groups in total. The molecule has 1 amide bonds. The highest BCUT2D eigenvalue weighted by Gasteiger charge is 2.21. The van der Waals surface area contributed by atoms with Gasteiger partial charge in [0.15, 0.2) is 0 Å². The summed E-state index contributed by atoms with van der Waals surface area (Å²) in [6.45, 7) is 0.113. The highest BCUT2D eigenvalue weighted by Crippen LogP contribution is 2.15. The molecule has 0 aliphatic carbocycles. The van der Waals surface area contributed by atoms with Crippen LogP contribution in [0, 0.1) is 0 Å². The van der Waals surface area contributed by atoms with Crippen LogP contribution in [-0.2, 0) is 16.1 Å². The van der Waals surface area contributed by atoms with Crippen LogP contribution in [0.15, 0.2) is 35.7 Å². The molecule has 1 heterocycles. The summed E-state index contributed by atoms with van der Waals surface area (Å²) in [5.41, 5.74) is 1.25. The Kier molecular flexibility index (Phi) is 5.22. The summed E-state index contributed by atoms with van der Waals surface area (Å²) in [6, 6.07) is 8.43. The van der Waals surface area contributed by atoms with Crippen molar-refractivity contribution >= 4 is 23.6 Å². The van der Waals surface area contributed by atoms with E-state index in [1.165, 1.54) is 0 Å². The first-order chi connectivity index (χ1) is 10.1. The van der Waals surface area contributed by atoms with Crippen molar-refractivity contribution in [3.05, 3.63) is 47.0 Å². The Morgan fingerprint density at radius 2 is 2.10 bits per heavy atom. The van der Waals surface area contributed by atoms with Crippen LogP contribution >= 0.6 is 11.5 Å². The molecular formula is C13H13N3O4S. The van der Waals surface area contributed by atoms with Crippen LogP contribution in [0.25, 0.3) is 0 Å². The maximum atomic E-state index is 11.7. The minimum absolute atomic E-state index is 0.113. The van der Waals surface area contributed by atoms with E-state index in [2.05, 4.69) is 14.9 Å². The van der Waals surface area contributed by atoms with E-state index in [4.69, 9.17) is 9.84 Å². The van der Waals surface area contributed by atoms with E-state index >= 15 is 0 Å². The van der Waals surface area contributed by atoms with Gasteiger partial charge in [0.25, 0.3) is 0 Å².